The number of carbonyl (C=O) groups excluding carboxylic acids is 2. The highest BCUT2D eigenvalue weighted by atomic mass is 16.7. The van der Waals surface area contributed by atoms with Gasteiger partial charge in [-0.25, -0.2) is 4.79 Å². The second-order valence-electron chi connectivity index (χ2n) is 9.03. The summed E-state index contributed by atoms with van der Waals surface area (Å²) in [6.45, 7) is 9.78. The molecule has 2 rings (SSSR count). The summed E-state index contributed by atoms with van der Waals surface area (Å²) in [6.07, 6.45) is 5.13. The molecule has 0 aromatic heterocycles. The van der Waals surface area contributed by atoms with E-state index in [-0.39, 0.29) is 30.5 Å². The van der Waals surface area contributed by atoms with Gasteiger partial charge in [0.2, 0.25) is 11.7 Å². The zero-order valence-electron chi connectivity index (χ0n) is 18.5. The molecule has 0 radical (unpaired) electrons. The van der Waals surface area contributed by atoms with E-state index in [0.717, 1.165) is 0 Å². The molecule has 164 valence electrons. The molecular weight excluding hydrogens is 376 g/mol. The molecule has 0 saturated carbocycles. The van der Waals surface area contributed by atoms with Crippen LogP contribution in [0.4, 0.5) is 4.79 Å². The fourth-order valence-electron chi connectivity index (χ4n) is 3.98. The van der Waals surface area contributed by atoms with Crippen LogP contribution in [0.1, 0.15) is 41.0 Å². The maximum absolute atomic E-state index is 13.5. The molecular formula is C21H34N2O6. The summed E-state index contributed by atoms with van der Waals surface area (Å²) >= 11 is 0. The standard InChI is InChI=1S/C21H34N2O6/c1-9-14-11-23(17-16(14)28-12-21(17,26-7)27-8)18(24)15(10-13(2)3)22-19(25)29-20(4,5)6/h1,13-17H,10-12H2,2-8H3,(H,22,25)/t14-,15+,16-,17+/m1/s1. The van der Waals surface area contributed by atoms with E-state index in [4.69, 9.17) is 25.4 Å². The van der Waals surface area contributed by atoms with Crippen molar-refractivity contribution in [3.05, 3.63) is 0 Å². The van der Waals surface area contributed by atoms with Crippen LogP contribution in [-0.2, 0) is 23.7 Å². The molecule has 0 bridgehead atoms. The molecule has 1 N–H and O–H groups in total. The highest BCUT2D eigenvalue weighted by molar-refractivity contribution is 5.86. The summed E-state index contributed by atoms with van der Waals surface area (Å²) in [5.41, 5.74) is -0.663. The molecule has 2 saturated heterocycles. The fraction of sp³-hybridized carbons (Fsp3) is 0.810. The van der Waals surface area contributed by atoms with E-state index in [0.29, 0.717) is 13.0 Å². The molecule has 2 heterocycles. The Hall–Kier alpha value is -1.82. The predicted molar refractivity (Wildman–Crippen MR) is 107 cm³/mol. The number of methoxy groups -OCH3 is 2. The van der Waals surface area contributed by atoms with Crippen molar-refractivity contribution < 1.29 is 28.5 Å². The average Bonchev–Trinajstić information content (AvgIpc) is 3.17. The second kappa shape index (κ2) is 8.90. The van der Waals surface area contributed by atoms with Gasteiger partial charge in [-0.1, -0.05) is 19.8 Å². The van der Waals surface area contributed by atoms with Gasteiger partial charge in [0.25, 0.3) is 0 Å². The first-order valence-corrected chi connectivity index (χ1v) is 9.96. The van der Waals surface area contributed by atoms with E-state index in [1.54, 1.807) is 25.7 Å². The van der Waals surface area contributed by atoms with Crippen LogP contribution in [0, 0.1) is 24.2 Å². The molecule has 8 heteroatoms. The van der Waals surface area contributed by atoms with Crippen molar-refractivity contribution in [3.8, 4) is 12.3 Å². The third kappa shape index (κ3) is 5.03. The molecule has 0 aromatic carbocycles. The molecule has 2 aliphatic rings. The van der Waals surface area contributed by atoms with E-state index in [1.165, 1.54) is 14.2 Å². The molecule has 0 aliphatic carbocycles. The monoisotopic (exact) mass is 410 g/mol. The first kappa shape index (κ1) is 23.5. The number of nitrogens with zero attached hydrogens (tertiary/aromatic N) is 1. The zero-order valence-corrected chi connectivity index (χ0v) is 18.5. The first-order chi connectivity index (χ1) is 13.5. The van der Waals surface area contributed by atoms with Crippen molar-refractivity contribution in [1.82, 2.24) is 10.2 Å². The van der Waals surface area contributed by atoms with Crippen molar-refractivity contribution in [2.75, 3.05) is 27.4 Å². The largest absolute Gasteiger partial charge is 0.444 e. The molecule has 2 aliphatic heterocycles. The Bertz CT molecular complexity index is 647. The highest BCUT2D eigenvalue weighted by Gasteiger charge is 2.61. The van der Waals surface area contributed by atoms with Gasteiger partial charge in [-0.3, -0.25) is 4.79 Å². The van der Waals surface area contributed by atoms with E-state index in [2.05, 4.69) is 11.2 Å². The lowest BCUT2D eigenvalue weighted by atomic mass is 9.98. The van der Waals surface area contributed by atoms with E-state index in [9.17, 15) is 9.59 Å². The molecule has 0 aromatic rings. The molecule has 4 atom stereocenters. The van der Waals surface area contributed by atoms with Crippen molar-refractivity contribution >= 4 is 12.0 Å². The minimum absolute atomic E-state index is 0.172. The van der Waals surface area contributed by atoms with Crippen LogP contribution in [0.3, 0.4) is 0 Å². The summed E-state index contributed by atoms with van der Waals surface area (Å²) in [7, 11) is 3.04. The van der Waals surface area contributed by atoms with Gasteiger partial charge >= 0.3 is 6.09 Å². The third-order valence-electron chi connectivity index (χ3n) is 5.25. The van der Waals surface area contributed by atoms with Crippen molar-refractivity contribution in [3.63, 3.8) is 0 Å². The smallest absolute Gasteiger partial charge is 0.408 e. The number of hydrogen-bond acceptors (Lipinski definition) is 6. The normalized spacial score (nSPS) is 26.7. The number of amides is 2. The SMILES string of the molecule is C#C[C@@H]1CN(C(=O)[C@H](CC(C)C)NC(=O)OC(C)(C)C)[C@H]2[C@@H]1OCC2(OC)OC. The summed E-state index contributed by atoms with van der Waals surface area (Å²) in [6, 6.07) is -1.25. The maximum Gasteiger partial charge on any atom is 0.408 e. The van der Waals surface area contributed by atoms with Gasteiger partial charge < -0.3 is 29.2 Å². The number of hydrogen-bond donors (Lipinski definition) is 1. The second-order valence-corrected chi connectivity index (χ2v) is 9.03. The van der Waals surface area contributed by atoms with Crippen molar-refractivity contribution in [1.29, 1.82) is 0 Å². The van der Waals surface area contributed by atoms with E-state index >= 15 is 0 Å². The van der Waals surface area contributed by atoms with Crippen molar-refractivity contribution in [2.45, 2.75) is 70.6 Å². The summed E-state index contributed by atoms with van der Waals surface area (Å²) in [4.78, 5) is 27.5. The molecule has 0 spiro atoms. The Balaban J connectivity index is 2.28. The molecule has 2 amide bonds. The zero-order chi connectivity index (χ0) is 22.0. The Morgan fingerprint density at radius 2 is 1.93 bits per heavy atom. The first-order valence-electron chi connectivity index (χ1n) is 9.96. The minimum atomic E-state index is -1.10. The summed E-state index contributed by atoms with van der Waals surface area (Å²) in [5, 5.41) is 2.73. The van der Waals surface area contributed by atoms with Crippen LogP contribution in [0.5, 0.6) is 0 Å². The number of fused-ring (bicyclic) bond motifs is 1. The van der Waals surface area contributed by atoms with Crippen LogP contribution >= 0.6 is 0 Å². The number of nitrogens with one attached hydrogen (secondary N) is 1. The molecule has 8 nitrogen and oxygen atoms in total. The predicted octanol–water partition coefficient (Wildman–Crippen LogP) is 1.77. The van der Waals surface area contributed by atoms with E-state index in [1.807, 2.05) is 13.8 Å². The number of alkyl carbamates (subject to hydrolysis) is 1. The minimum Gasteiger partial charge on any atom is -0.444 e. The average molecular weight is 411 g/mol. The lowest BCUT2D eigenvalue weighted by Crippen LogP contribution is -2.59. The van der Waals surface area contributed by atoms with Crippen LogP contribution in [0.2, 0.25) is 0 Å². The van der Waals surface area contributed by atoms with Gasteiger partial charge in [0.1, 0.15) is 24.3 Å². The lowest BCUT2D eigenvalue weighted by molar-refractivity contribution is -0.227. The number of likely N-dealkylation sites (tertiary alicyclic amines) is 1. The van der Waals surface area contributed by atoms with Crippen LogP contribution in [-0.4, -0.2) is 73.8 Å². The Kier molecular flexibility index (Phi) is 7.20. The number of ether oxygens (including phenoxy) is 4. The maximum atomic E-state index is 13.5. The molecule has 29 heavy (non-hydrogen) atoms. The highest BCUT2D eigenvalue weighted by Crippen LogP contribution is 2.41. The Morgan fingerprint density at radius 3 is 2.41 bits per heavy atom. The summed E-state index contributed by atoms with van der Waals surface area (Å²) in [5.74, 6) is 1.27. The topological polar surface area (TPSA) is 86.3 Å². The van der Waals surface area contributed by atoms with Crippen LogP contribution < -0.4 is 5.32 Å². The number of rotatable bonds is 6. The van der Waals surface area contributed by atoms with Gasteiger partial charge in [-0.2, -0.15) is 0 Å². The Morgan fingerprint density at radius 1 is 1.31 bits per heavy atom. The van der Waals surface area contributed by atoms with Crippen LogP contribution in [0.15, 0.2) is 0 Å². The van der Waals surface area contributed by atoms with Gasteiger partial charge in [0.15, 0.2) is 0 Å². The third-order valence-corrected chi connectivity index (χ3v) is 5.25. The number of terminal acetylenes is 1. The Labute approximate surface area is 173 Å². The molecule has 2 fully saturated rings. The number of carbonyl (C=O) groups is 2. The lowest BCUT2D eigenvalue weighted by Gasteiger charge is -2.37. The van der Waals surface area contributed by atoms with Crippen molar-refractivity contribution in [2.24, 2.45) is 11.8 Å². The quantitative estimate of drug-likeness (QED) is 0.531. The summed E-state index contributed by atoms with van der Waals surface area (Å²) < 4.78 is 22.5. The molecule has 0 unspecified atom stereocenters. The van der Waals surface area contributed by atoms with Gasteiger partial charge in [0.05, 0.1) is 12.0 Å². The van der Waals surface area contributed by atoms with Gasteiger partial charge in [-0.05, 0) is 33.1 Å². The van der Waals surface area contributed by atoms with Gasteiger partial charge in [0, 0.05) is 20.8 Å². The fourth-order valence-corrected chi connectivity index (χ4v) is 3.98. The van der Waals surface area contributed by atoms with E-state index < -0.39 is 29.6 Å². The van der Waals surface area contributed by atoms with Gasteiger partial charge in [-0.15, -0.1) is 6.42 Å². The van der Waals surface area contributed by atoms with Crippen LogP contribution in [0.25, 0.3) is 0 Å².